The topological polar surface area (TPSA) is 38.7 Å². The quantitative estimate of drug-likeness (QED) is 0.225. The van der Waals surface area contributed by atoms with Gasteiger partial charge in [0.1, 0.15) is 0 Å². The van der Waals surface area contributed by atoms with E-state index in [4.69, 9.17) is 16.6 Å². The van der Waals surface area contributed by atoms with Crippen LogP contribution < -0.4 is 0 Å². The first-order chi connectivity index (χ1) is 19.2. The molecule has 5 aromatic rings. The molecule has 0 bridgehead atoms. The molecule has 4 aromatic carbocycles. The van der Waals surface area contributed by atoms with Crippen LogP contribution in [0.3, 0.4) is 0 Å². The van der Waals surface area contributed by atoms with Crippen LogP contribution in [0.25, 0.3) is 28.3 Å². The zero-order chi connectivity index (χ0) is 26.0. The van der Waals surface area contributed by atoms with Gasteiger partial charge in [-0.05, 0) is 76.0 Å². The van der Waals surface area contributed by atoms with E-state index >= 15 is 0 Å². The molecular weight excluding hydrogens is 518 g/mol. The fourth-order valence-electron chi connectivity index (χ4n) is 6.47. The number of nitrogens with zero attached hydrogens (tertiary/aromatic N) is 3. The maximum Gasteiger partial charge on any atom is 0.226 e. The molecule has 1 aliphatic heterocycles. The summed E-state index contributed by atoms with van der Waals surface area (Å²) in [6.45, 7) is 0. The molecule has 3 nitrogen and oxygen atoms in total. The molecule has 39 heavy (non-hydrogen) atoms. The minimum Gasteiger partial charge on any atom is -0.208 e. The predicted molar refractivity (Wildman–Crippen MR) is 158 cm³/mol. The molecule has 0 N–H and O–H groups in total. The number of benzene rings is 4. The molecule has 0 atom stereocenters. The molecule has 0 saturated heterocycles. The van der Waals surface area contributed by atoms with Gasteiger partial charge in [-0.1, -0.05) is 103 Å². The van der Waals surface area contributed by atoms with E-state index < -0.39 is 5.41 Å². The van der Waals surface area contributed by atoms with Crippen molar-refractivity contribution in [1.82, 2.24) is 15.0 Å². The second kappa shape index (κ2) is 8.77. The molecule has 2 heterocycles. The number of allylic oxidation sites excluding steroid dienone is 4. The Morgan fingerprint density at radius 2 is 1.33 bits per heavy atom. The highest BCUT2D eigenvalue weighted by molar-refractivity contribution is 7.99. The van der Waals surface area contributed by atoms with Gasteiger partial charge in [0.05, 0.1) is 5.41 Å². The Bertz CT molecular complexity index is 1810. The summed E-state index contributed by atoms with van der Waals surface area (Å²) in [7, 11) is 0. The van der Waals surface area contributed by atoms with E-state index in [1.54, 1.807) is 0 Å². The molecule has 0 unspecified atom stereocenters. The second-order valence-corrected chi connectivity index (χ2v) is 11.5. The van der Waals surface area contributed by atoms with E-state index in [0.717, 1.165) is 24.0 Å². The standard InChI is InChI=1S/C34H22ClN3S/c35-33-37-31(21-10-2-1-3-11-21)36-32(38-33)22-18-19-24-23-12-4-5-13-25(23)34(28(24)20-22)26-14-6-8-16-29(26)39-30-17-9-7-15-27(30)34/h1-3,5-11,13-20H,4,12H2. The van der Waals surface area contributed by atoms with Crippen molar-refractivity contribution in [3.05, 3.63) is 142 Å². The smallest absolute Gasteiger partial charge is 0.208 e. The Hall–Kier alpha value is -3.99. The van der Waals surface area contributed by atoms with Gasteiger partial charge in [-0.25, -0.2) is 4.98 Å². The van der Waals surface area contributed by atoms with Gasteiger partial charge in [0.15, 0.2) is 11.6 Å². The van der Waals surface area contributed by atoms with Crippen LogP contribution in [-0.2, 0) is 5.41 Å². The lowest BCUT2D eigenvalue weighted by atomic mass is 9.66. The molecule has 2 aliphatic carbocycles. The SMILES string of the molecule is Clc1nc(-c2ccccc2)nc(-c2ccc3c(c2)C2(C4=C3CCC=C4)c3ccccc3Sc3ccccc32)n1. The molecule has 0 saturated carbocycles. The van der Waals surface area contributed by atoms with Crippen molar-refractivity contribution in [3.8, 4) is 22.8 Å². The van der Waals surface area contributed by atoms with Crippen LogP contribution in [0.15, 0.2) is 125 Å². The average Bonchev–Trinajstić information content (AvgIpc) is 3.28. The number of hydrogen-bond acceptors (Lipinski definition) is 4. The predicted octanol–water partition coefficient (Wildman–Crippen LogP) is 8.78. The summed E-state index contributed by atoms with van der Waals surface area (Å²) in [5.74, 6) is 1.16. The third-order valence-corrected chi connectivity index (χ3v) is 9.34. The van der Waals surface area contributed by atoms with Gasteiger partial charge in [0, 0.05) is 20.9 Å². The highest BCUT2D eigenvalue weighted by Crippen LogP contribution is 2.62. The highest BCUT2D eigenvalue weighted by Gasteiger charge is 2.51. The van der Waals surface area contributed by atoms with Crippen molar-refractivity contribution >= 4 is 28.9 Å². The maximum atomic E-state index is 6.46. The fraction of sp³-hybridized carbons (Fsp3) is 0.0882. The van der Waals surface area contributed by atoms with Crippen LogP contribution in [0.5, 0.6) is 0 Å². The molecule has 0 radical (unpaired) electrons. The summed E-state index contributed by atoms with van der Waals surface area (Å²) < 4.78 is 0. The van der Waals surface area contributed by atoms with Gasteiger partial charge in [-0.2, -0.15) is 9.97 Å². The fourth-order valence-corrected chi connectivity index (χ4v) is 7.82. The van der Waals surface area contributed by atoms with E-state index in [2.05, 4.69) is 88.9 Å². The van der Waals surface area contributed by atoms with Crippen LogP contribution in [0, 0.1) is 0 Å². The summed E-state index contributed by atoms with van der Waals surface area (Å²) >= 11 is 8.32. The molecule has 8 rings (SSSR count). The van der Waals surface area contributed by atoms with Crippen molar-refractivity contribution < 1.29 is 0 Å². The van der Waals surface area contributed by atoms with Crippen LogP contribution in [-0.4, -0.2) is 15.0 Å². The van der Waals surface area contributed by atoms with E-state index in [-0.39, 0.29) is 5.28 Å². The Labute approximate surface area is 236 Å². The van der Waals surface area contributed by atoms with Crippen molar-refractivity contribution in [2.75, 3.05) is 0 Å². The first kappa shape index (κ1) is 22.9. The van der Waals surface area contributed by atoms with E-state index in [1.807, 2.05) is 42.1 Å². The Morgan fingerprint density at radius 3 is 2.08 bits per heavy atom. The zero-order valence-electron chi connectivity index (χ0n) is 20.9. The van der Waals surface area contributed by atoms with Gasteiger partial charge < -0.3 is 0 Å². The monoisotopic (exact) mass is 539 g/mol. The molecular formula is C34H22ClN3S. The Balaban J connectivity index is 1.41. The van der Waals surface area contributed by atoms with Crippen LogP contribution in [0.2, 0.25) is 5.28 Å². The third-order valence-electron chi connectivity index (χ3n) is 8.02. The van der Waals surface area contributed by atoms with Gasteiger partial charge in [0.25, 0.3) is 0 Å². The summed E-state index contributed by atoms with van der Waals surface area (Å²) in [5, 5.41) is 0.194. The highest BCUT2D eigenvalue weighted by atomic mass is 35.5. The molecule has 0 fully saturated rings. The number of fused-ring (bicyclic) bond motifs is 8. The van der Waals surface area contributed by atoms with E-state index in [9.17, 15) is 0 Å². The normalized spacial score (nSPS) is 16.0. The van der Waals surface area contributed by atoms with Crippen LogP contribution in [0.1, 0.15) is 35.1 Å². The van der Waals surface area contributed by atoms with Gasteiger partial charge in [0.2, 0.25) is 5.28 Å². The minimum atomic E-state index is -0.394. The zero-order valence-corrected chi connectivity index (χ0v) is 22.5. The molecule has 1 aromatic heterocycles. The number of aromatic nitrogens is 3. The molecule has 186 valence electrons. The van der Waals surface area contributed by atoms with Gasteiger partial charge in [-0.15, -0.1) is 0 Å². The summed E-state index contributed by atoms with van der Waals surface area (Å²) in [5.41, 5.74) is 9.56. The Kier molecular flexibility index (Phi) is 5.16. The Morgan fingerprint density at radius 1 is 0.667 bits per heavy atom. The second-order valence-electron chi connectivity index (χ2n) is 10.1. The van der Waals surface area contributed by atoms with Crippen molar-refractivity contribution in [2.24, 2.45) is 0 Å². The first-order valence-corrected chi connectivity index (χ1v) is 14.3. The lowest BCUT2D eigenvalue weighted by molar-refractivity contribution is 0.713. The average molecular weight is 540 g/mol. The van der Waals surface area contributed by atoms with Gasteiger partial charge in [-0.3, -0.25) is 0 Å². The lowest BCUT2D eigenvalue weighted by Crippen LogP contribution is -2.32. The van der Waals surface area contributed by atoms with Crippen LogP contribution in [0.4, 0.5) is 0 Å². The third kappa shape index (κ3) is 3.35. The molecule has 5 heteroatoms. The molecule has 1 spiro atoms. The maximum absolute atomic E-state index is 6.46. The minimum absolute atomic E-state index is 0.194. The van der Waals surface area contributed by atoms with Crippen molar-refractivity contribution in [3.63, 3.8) is 0 Å². The van der Waals surface area contributed by atoms with Crippen molar-refractivity contribution in [2.45, 2.75) is 28.0 Å². The van der Waals surface area contributed by atoms with Crippen LogP contribution >= 0.6 is 23.4 Å². The summed E-state index contributed by atoms with van der Waals surface area (Å²) in [6, 6.07) is 34.4. The molecule has 3 aliphatic rings. The number of rotatable bonds is 2. The number of hydrogen-bond donors (Lipinski definition) is 0. The number of halogens is 1. The largest absolute Gasteiger partial charge is 0.226 e. The lowest BCUT2D eigenvalue weighted by Gasteiger charge is -2.40. The summed E-state index contributed by atoms with van der Waals surface area (Å²) in [4.78, 5) is 16.5. The summed E-state index contributed by atoms with van der Waals surface area (Å²) in [6.07, 6.45) is 6.79. The van der Waals surface area contributed by atoms with E-state index in [0.29, 0.717) is 11.6 Å². The van der Waals surface area contributed by atoms with Gasteiger partial charge >= 0.3 is 0 Å². The van der Waals surface area contributed by atoms with Crippen molar-refractivity contribution in [1.29, 1.82) is 0 Å². The van der Waals surface area contributed by atoms with E-state index in [1.165, 1.54) is 43.2 Å². The molecule has 0 amide bonds. The first-order valence-electron chi connectivity index (χ1n) is 13.1.